The second kappa shape index (κ2) is 4.94. The third-order valence-electron chi connectivity index (χ3n) is 4.00. The van der Waals surface area contributed by atoms with Gasteiger partial charge >= 0.3 is 0 Å². The minimum atomic E-state index is 0.162. The second-order valence-electron chi connectivity index (χ2n) is 5.32. The lowest BCUT2D eigenvalue weighted by Gasteiger charge is -2.30. The van der Waals surface area contributed by atoms with Crippen LogP contribution in [0, 0.1) is 24.7 Å². The van der Waals surface area contributed by atoms with Gasteiger partial charge in [0.2, 0.25) is 0 Å². The van der Waals surface area contributed by atoms with Crippen LogP contribution in [0.2, 0.25) is 0 Å². The number of aromatic nitrogens is 2. The van der Waals surface area contributed by atoms with Gasteiger partial charge in [-0.05, 0) is 44.1 Å². The van der Waals surface area contributed by atoms with Crippen molar-refractivity contribution in [3.63, 3.8) is 0 Å². The monoisotopic (exact) mass is 232 g/mol. The van der Waals surface area contributed by atoms with Crippen molar-refractivity contribution >= 4 is 5.78 Å². The van der Waals surface area contributed by atoms with E-state index in [-0.39, 0.29) is 11.7 Å². The van der Waals surface area contributed by atoms with Crippen molar-refractivity contribution in [1.82, 2.24) is 9.97 Å². The summed E-state index contributed by atoms with van der Waals surface area (Å²) < 4.78 is 0. The van der Waals surface area contributed by atoms with Gasteiger partial charge in [-0.3, -0.25) is 4.79 Å². The average Bonchev–Trinajstić information content (AvgIpc) is 2.32. The van der Waals surface area contributed by atoms with Crippen molar-refractivity contribution in [3.05, 3.63) is 23.8 Å². The smallest absolute Gasteiger partial charge is 0.184 e. The lowest BCUT2D eigenvalue weighted by Crippen LogP contribution is -2.27. The van der Waals surface area contributed by atoms with Gasteiger partial charge in [0, 0.05) is 12.1 Å². The van der Waals surface area contributed by atoms with Crippen LogP contribution < -0.4 is 0 Å². The topological polar surface area (TPSA) is 42.9 Å². The molecule has 3 atom stereocenters. The maximum absolute atomic E-state index is 12.3. The maximum Gasteiger partial charge on any atom is 0.184 e. The Kier molecular flexibility index (Phi) is 3.55. The first-order valence-corrected chi connectivity index (χ1v) is 6.41. The summed E-state index contributed by atoms with van der Waals surface area (Å²) in [6.07, 6.45) is 4.84. The number of ketones is 1. The maximum atomic E-state index is 12.3. The molecule has 1 aromatic rings. The Labute approximate surface area is 103 Å². The number of rotatable bonds is 2. The predicted molar refractivity (Wildman–Crippen MR) is 66.8 cm³/mol. The van der Waals surface area contributed by atoms with Crippen LogP contribution in [0.4, 0.5) is 0 Å². The van der Waals surface area contributed by atoms with Gasteiger partial charge in [0.05, 0.1) is 0 Å². The number of aryl methyl sites for hydroxylation is 1. The van der Waals surface area contributed by atoms with Crippen molar-refractivity contribution in [2.24, 2.45) is 17.8 Å². The Balaban J connectivity index is 2.10. The molecule has 0 amide bonds. The highest BCUT2D eigenvalue weighted by Gasteiger charge is 2.30. The molecule has 1 aliphatic rings. The number of nitrogens with zero attached hydrogens (tertiary/aromatic N) is 2. The molecular weight excluding hydrogens is 212 g/mol. The average molecular weight is 232 g/mol. The van der Waals surface area contributed by atoms with Crippen molar-refractivity contribution in [1.29, 1.82) is 0 Å². The van der Waals surface area contributed by atoms with Crippen LogP contribution in [-0.2, 0) is 0 Å². The Morgan fingerprint density at radius 2 is 2.06 bits per heavy atom. The van der Waals surface area contributed by atoms with E-state index in [0.29, 0.717) is 17.4 Å². The molecule has 0 aromatic carbocycles. The van der Waals surface area contributed by atoms with Crippen LogP contribution in [0.15, 0.2) is 12.3 Å². The van der Waals surface area contributed by atoms with Gasteiger partial charge in [0.1, 0.15) is 11.5 Å². The van der Waals surface area contributed by atoms with E-state index >= 15 is 0 Å². The zero-order valence-corrected chi connectivity index (χ0v) is 10.8. The number of Topliss-reactive ketones (excluding diaryl/α,β-unsaturated/α-hetero) is 1. The predicted octanol–water partition coefficient (Wildman–Crippen LogP) is 3.04. The standard InChI is InChI=1S/C14H20N2O/c1-9-4-5-12(8-10(9)2)14(17)13-6-7-15-11(3)16-13/h6-7,9-10,12H,4-5,8H2,1-3H3. The van der Waals surface area contributed by atoms with Gasteiger partial charge in [-0.2, -0.15) is 0 Å². The molecule has 1 aliphatic carbocycles. The fourth-order valence-corrected chi connectivity index (χ4v) is 2.59. The number of hydrogen-bond acceptors (Lipinski definition) is 3. The molecule has 0 spiro atoms. The third kappa shape index (κ3) is 2.71. The Bertz CT molecular complexity index is 416. The molecule has 3 unspecified atom stereocenters. The fraction of sp³-hybridized carbons (Fsp3) is 0.643. The summed E-state index contributed by atoms with van der Waals surface area (Å²) in [5.74, 6) is 2.42. The van der Waals surface area contributed by atoms with E-state index in [1.807, 2.05) is 6.92 Å². The summed E-state index contributed by atoms with van der Waals surface area (Å²) in [5, 5.41) is 0. The van der Waals surface area contributed by atoms with Crippen LogP contribution in [0.1, 0.15) is 49.4 Å². The molecule has 1 fully saturated rings. The number of carbonyl (C=O) groups excluding carboxylic acids is 1. The van der Waals surface area contributed by atoms with Gasteiger partial charge in [0.25, 0.3) is 0 Å². The van der Waals surface area contributed by atoms with Gasteiger partial charge in [-0.25, -0.2) is 9.97 Å². The van der Waals surface area contributed by atoms with Gasteiger partial charge < -0.3 is 0 Å². The first kappa shape index (κ1) is 12.2. The van der Waals surface area contributed by atoms with Crippen LogP contribution in [-0.4, -0.2) is 15.8 Å². The molecule has 2 rings (SSSR count). The zero-order chi connectivity index (χ0) is 12.4. The van der Waals surface area contributed by atoms with Crippen LogP contribution in [0.25, 0.3) is 0 Å². The van der Waals surface area contributed by atoms with Crippen molar-refractivity contribution in [2.75, 3.05) is 0 Å². The highest BCUT2D eigenvalue weighted by Crippen LogP contribution is 2.34. The van der Waals surface area contributed by atoms with E-state index in [9.17, 15) is 4.79 Å². The zero-order valence-electron chi connectivity index (χ0n) is 10.8. The molecule has 17 heavy (non-hydrogen) atoms. The highest BCUT2D eigenvalue weighted by molar-refractivity contribution is 5.96. The minimum absolute atomic E-state index is 0.162. The molecule has 1 saturated carbocycles. The molecule has 0 aliphatic heterocycles. The molecule has 0 saturated heterocycles. The molecule has 0 N–H and O–H groups in total. The summed E-state index contributed by atoms with van der Waals surface area (Å²) in [6, 6.07) is 1.73. The quantitative estimate of drug-likeness (QED) is 0.736. The molecule has 92 valence electrons. The number of carbonyl (C=O) groups is 1. The van der Waals surface area contributed by atoms with E-state index in [1.54, 1.807) is 12.3 Å². The summed E-state index contributed by atoms with van der Waals surface area (Å²) in [5.41, 5.74) is 0.587. The Hall–Kier alpha value is -1.25. The molecule has 3 nitrogen and oxygen atoms in total. The Morgan fingerprint density at radius 3 is 2.71 bits per heavy atom. The van der Waals surface area contributed by atoms with Crippen molar-refractivity contribution in [2.45, 2.75) is 40.0 Å². The molecule has 3 heteroatoms. The van der Waals surface area contributed by atoms with Crippen LogP contribution in [0.3, 0.4) is 0 Å². The molecule has 1 aromatic heterocycles. The lowest BCUT2D eigenvalue weighted by atomic mass is 9.74. The first-order chi connectivity index (χ1) is 8.08. The van der Waals surface area contributed by atoms with Gasteiger partial charge in [0.15, 0.2) is 5.78 Å². The largest absolute Gasteiger partial charge is 0.292 e. The van der Waals surface area contributed by atoms with Crippen LogP contribution in [0.5, 0.6) is 0 Å². The van der Waals surface area contributed by atoms with Crippen LogP contribution >= 0.6 is 0 Å². The lowest BCUT2D eigenvalue weighted by molar-refractivity contribution is 0.0832. The summed E-state index contributed by atoms with van der Waals surface area (Å²) in [7, 11) is 0. The third-order valence-corrected chi connectivity index (χ3v) is 4.00. The molecular formula is C14H20N2O. The Morgan fingerprint density at radius 1 is 1.29 bits per heavy atom. The normalized spacial score (nSPS) is 29.0. The summed E-state index contributed by atoms with van der Waals surface area (Å²) in [4.78, 5) is 20.6. The summed E-state index contributed by atoms with van der Waals surface area (Å²) in [6.45, 7) is 6.35. The van der Waals surface area contributed by atoms with Crippen molar-refractivity contribution in [3.8, 4) is 0 Å². The van der Waals surface area contributed by atoms with E-state index in [0.717, 1.165) is 25.2 Å². The molecule has 0 radical (unpaired) electrons. The van der Waals surface area contributed by atoms with E-state index < -0.39 is 0 Å². The van der Waals surface area contributed by atoms with Crippen molar-refractivity contribution < 1.29 is 4.79 Å². The van der Waals surface area contributed by atoms with Gasteiger partial charge in [-0.15, -0.1) is 0 Å². The number of hydrogen-bond donors (Lipinski definition) is 0. The van der Waals surface area contributed by atoms with E-state index in [1.165, 1.54) is 0 Å². The highest BCUT2D eigenvalue weighted by atomic mass is 16.1. The molecule has 0 bridgehead atoms. The fourth-order valence-electron chi connectivity index (χ4n) is 2.59. The SMILES string of the molecule is Cc1nccc(C(=O)C2CCC(C)C(C)C2)n1. The molecule has 1 heterocycles. The van der Waals surface area contributed by atoms with E-state index in [2.05, 4.69) is 23.8 Å². The first-order valence-electron chi connectivity index (χ1n) is 6.41. The second-order valence-corrected chi connectivity index (χ2v) is 5.32. The van der Waals surface area contributed by atoms with Gasteiger partial charge in [-0.1, -0.05) is 13.8 Å². The summed E-state index contributed by atoms with van der Waals surface area (Å²) >= 11 is 0. The van der Waals surface area contributed by atoms with E-state index in [4.69, 9.17) is 0 Å². The minimum Gasteiger partial charge on any atom is -0.292 e.